The van der Waals surface area contributed by atoms with Gasteiger partial charge in [0.2, 0.25) is 0 Å². The predicted molar refractivity (Wildman–Crippen MR) is 66.5 cm³/mol. The van der Waals surface area contributed by atoms with E-state index in [9.17, 15) is 4.79 Å². The quantitative estimate of drug-likeness (QED) is 0.598. The second-order valence-electron chi connectivity index (χ2n) is 6.39. The van der Waals surface area contributed by atoms with Crippen molar-refractivity contribution in [2.45, 2.75) is 38.5 Å². The molecule has 17 heavy (non-hydrogen) atoms. The van der Waals surface area contributed by atoms with Gasteiger partial charge in [-0.15, -0.1) is 0 Å². The van der Waals surface area contributed by atoms with Gasteiger partial charge in [-0.05, 0) is 61.7 Å². The molecule has 0 aromatic heterocycles. The van der Waals surface area contributed by atoms with Gasteiger partial charge in [-0.25, -0.2) is 4.79 Å². The van der Waals surface area contributed by atoms with Gasteiger partial charge in [0.15, 0.2) is 0 Å². The zero-order valence-corrected chi connectivity index (χ0v) is 10.2. The van der Waals surface area contributed by atoms with Gasteiger partial charge in [-0.3, -0.25) is 0 Å². The molecule has 92 valence electrons. The molecule has 2 heteroatoms. The number of aliphatic carboxylic acids is 1. The van der Waals surface area contributed by atoms with Crippen molar-refractivity contribution < 1.29 is 9.90 Å². The smallest absolute Gasteiger partial charge is 0.335 e. The van der Waals surface area contributed by atoms with Gasteiger partial charge in [-0.1, -0.05) is 18.7 Å². The fraction of sp³-hybridized carbons (Fsp3) is 0.667. The molecule has 0 saturated heterocycles. The largest absolute Gasteiger partial charge is 0.478 e. The van der Waals surface area contributed by atoms with E-state index < -0.39 is 5.97 Å². The number of allylic oxidation sites excluding steroid dienone is 1. The Morgan fingerprint density at radius 2 is 1.59 bits per heavy atom. The second-order valence-corrected chi connectivity index (χ2v) is 6.39. The minimum Gasteiger partial charge on any atom is -0.478 e. The first kappa shape index (κ1) is 11.1. The average Bonchev–Trinajstić information content (AvgIpc) is 2.23. The Balaban J connectivity index is 1.91. The normalized spacial score (nSPS) is 43.8. The van der Waals surface area contributed by atoms with Crippen LogP contribution in [0.3, 0.4) is 0 Å². The molecule has 0 atom stereocenters. The molecule has 0 radical (unpaired) electrons. The highest BCUT2D eigenvalue weighted by Gasteiger charge is 2.49. The number of hydrogen-bond donors (Lipinski definition) is 1. The van der Waals surface area contributed by atoms with Crippen molar-refractivity contribution in [1.29, 1.82) is 0 Å². The number of rotatable bonds is 3. The Labute approximate surface area is 102 Å². The topological polar surface area (TPSA) is 37.3 Å². The van der Waals surface area contributed by atoms with Crippen LogP contribution in [-0.4, -0.2) is 11.1 Å². The lowest BCUT2D eigenvalue weighted by Crippen LogP contribution is -2.45. The molecular weight excluding hydrogens is 212 g/mol. The predicted octanol–water partition coefficient (Wildman–Crippen LogP) is 3.40. The molecule has 1 N–H and O–H groups in total. The van der Waals surface area contributed by atoms with Crippen LogP contribution in [0.1, 0.15) is 38.5 Å². The molecule has 0 spiro atoms. The van der Waals surface area contributed by atoms with Crippen molar-refractivity contribution in [1.82, 2.24) is 0 Å². The lowest BCUT2D eigenvalue weighted by atomic mass is 9.49. The van der Waals surface area contributed by atoms with E-state index >= 15 is 0 Å². The van der Waals surface area contributed by atoms with Crippen LogP contribution >= 0.6 is 0 Å². The van der Waals surface area contributed by atoms with Gasteiger partial charge < -0.3 is 5.11 Å². The lowest BCUT2D eigenvalue weighted by Gasteiger charge is -2.56. The molecule has 2 nitrogen and oxygen atoms in total. The van der Waals surface area contributed by atoms with E-state index in [1.165, 1.54) is 44.6 Å². The summed E-state index contributed by atoms with van der Waals surface area (Å²) in [6, 6.07) is 0. The van der Waals surface area contributed by atoms with Crippen LogP contribution in [0.5, 0.6) is 0 Å². The lowest BCUT2D eigenvalue weighted by molar-refractivity contribution is -0.132. The third-order valence-corrected chi connectivity index (χ3v) is 5.01. The summed E-state index contributed by atoms with van der Waals surface area (Å²) in [5.74, 6) is 1.75. The fourth-order valence-corrected chi connectivity index (χ4v) is 4.89. The Morgan fingerprint density at radius 3 is 1.94 bits per heavy atom. The third kappa shape index (κ3) is 1.84. The summed E-state index contributed by atoms with van der Waals surface area (Å²) in [4.78, 5) is 11.1. The Morgan fingerprint density at radius 1 is 1.12 bits per heavy atom. The van der Waals surface area contributed by atoms with E-state index in [4.69, 9.17) is 5.11 Å². The first-order valence-electron chi connectivity index (χ1n) is 6.69. The van der Waals surface area contributed by atoms with Gasteiger partial charge >= 0.3 is 5.97 Å². The molecule has 0 amide bonds. The average molecular weight is 232 g/mol. The molecule has 4 bridgehead atoms. The molecule has 0 aliphatic heterocycles. The SMILES string of the molecule is C=C/C(=C\C12CC3CC(CC(C3)C1)C2)C(=O)O. The maximum absolute atomic E-state index is 11.1. The van der Waals surface area contributed by atoms with Crippen LogP contribution in [0.2, 0.25) is 0 Å². The number of hydrogen-bond acceptors (Lipinski definition) is 1. The maximum atomic E-state index is 11.1. The highest BCUT2D eigenvalue weighted by Crippen LogP contribution is 2.60. The van der Waals surface area contributed by atoms with E-state index in [0.29, 0.717) is 5.57 Å². The summed E-state index contributed by atoms with van der Waals surface area (Å²) < 4.78 is 0. The highest BCUT2D eigenvalue weighted by atomic mass is 16.4. The minimum atomic E-state index is -0.823. The molecule has 0 unspecified atom stereocenters. The molecule has 4 aliphatic carbocycles. The molecule has 0 heterocycles. The monoisotopic (exact) mass is 232 g/mol. The van der Waals surface area contributed by atoms with Crippen molar-refractivity contribution in [3.8, 4) is 0 Å². The Bertz CT molecular complexity index is 356. The van der Waals surface area contributed by atoms with Crippen molar-refractivity contribution in [2.75, 3.05) is 0 Å². The zero-order chi connectivity index (χ0) is 12.0. The zero-order valence-electron chi connectivity index (χ0n) is 10.2. The van der Waals surface area contributed by atoms with Crippen LogP contribution in [0.15, 0.2) is 24.3 Å². The highest BCUT2D eigenvalue weighted by molar-refractivity contribution is 5.89. The molecule has 4 rings (SSSR count). The number of carboxylic acid groups (broad SMARTS) is 1. The van der Waals surface area contributed by atoms with Crippen LogP contribution in [-0.2, 0) is 4.79 Å². The molecular formula is C15H20O2. The number of carbonyl (C=O) groups is 1. The summed E-state index contributed by atoms with van der Waals surface area (Å²) in [5.41, 5.74) is 0.600. The fourth-order valence-electron chi connectivity index (χ4n) is 4.89. The van der Waals surface area contributed by atoms with Crippen LogP contribution in [0.4, 0.5) is 0 Å². The number of carboxylic acids is 1. The van der Waals surface area contributed by atoms with Gasteiger partial charge in [0, 0.05) is 0 Å². The van der Waals surface area contributed by atoms with E-state index in [1.807, 2.05) is 6.08 Å². The van der Waals surface area contributed by atoms with Crippen LogP contribution in [0.25, 0.3) is 0 Å². The van der Waals surface area contributed by atoms with Gasteiger partial charge in [0.1, 0.15) is 0 Å². The summed E-state index contributed by atoms with van der Waals surface area (Å²) in [7, 11) is 0. The van der Waals surface area contributed by atoms with Crippen molar-refractivity contribution in [2.24, 2.45) is 23.2 Å². The van der Waals surface area contributed by atoms with Crippen LogP contribution < -0.4 is 0 Å². The summed E-state index contributed by atoms with van der Waals surface area (Å²) in [5, 5.41) is 9.14. The molecule has 4 aliphatic rings. The Hall–Kier alpha value is -1.05. The summed E-state index contributed by atoms with van der Waals surface area (Å²) in [6.45, 7) is 3.63. The third-order valence-electron chi connectivity index (χ3n) is 5.01. The standard InChI is InChI=1S/C15H20O2/c1-2-13(14(16)17)9-15-6-10-3-11(7-15)5-12(4-10)8-15/h2,9-12H,1,3-8H2,(H,16,17)/b13-9+. The van der Waals surface area contributed by atoms with E-state index in [2.05, 4.69) is 6.58 Å². The molecule has 0 aromatic carbocycles. The summed E-state index contributed by atoms with van der Waals surface area (Å²) in [6.07, 6.45) is 11.3. The van der Waals surface area contributed by atoms with Crippen molar-refractivity contribution >= 4 is 5.97 Å². The van der Waals surface area contributed by atoms with Gasteiger partial charge in [-0.2, -0.15) is 0 Å². The first-order valence-corrected chi connectivity index (χ1v) is 6.69. The van der Waals surface area contributed by atoms with Crippen molar-refractivity contribution in [3.63, 3.8) is 0 Å². The van der Waals surface area contributed by atoms with E-state index in [-0.39, 0.29) is 5.41 Å². The molecule has 0 aromatic rings. The van der Waals surface area contributed by atoms with E-state index in [1.54, 1.807) is 0 Å². The van der Waals surface area contributed by atoms with Gasteiger partial charge in [0.05, 0.1) is 5.57 Å². The summed E-state index contributed by atoms with van der Waals surface area (Å²) >= 11 is 0. The molecule has 4 saturated carbocycles. The minimum absolute atomic E-state index is 0.191. The second kappa shape index (κ2) is 3.72. The van der Waals surface area contributed by atoms with Crippen molar-refractivity contribution in [3.05, 3.63) is 24.3 Å². The van der Waals surface area contributed by atoms with Crippen LogP contribution in [0, 0.1) is 23.2 Å². The maximum Gasteiger partial charge on any atom is 0.335 e. The molecule has 4 fully saturated rings. The Kier molecular flexibility index (Phi) is 2.42. The van der Waals surface area contributed by atoms with Gasteiger partial charge in [0.25, 0.3) is 0 Å². The van der Waals surface area contributed by atoms with E-state index in [0.717, 1.165) is 17.8 Å². The first-order chi connectivity index (χ1) is 8.10.